The molecule has 114 valence electrons. The van der Waals surface area contributed by atoms with Gasteiger partial charge in [0.2, 0.25) is 0 Å². The number of piperazine rings is 1. The first-order chi connectivity index (χ1) is 9.51. The lowest BCUT2D eigenvalue weighted by Crippen LogP contribution is -2.64. The summed E-state index contributed by atoms with van der Waals surface area (Å²) in [4.78, 5) is 4.27. The Kier molecular flexibility index (Phi) is 5.27. The van der Waals surface area contributed by atoms with Gasteiger partial charge in [-0.2, -0.15) is 0 Å². The first-order valence-electron chi connectivity index (χ1n) is 8.03. The highest BCUT2D eigenvalue weighted by Gasteiger charge is 2.37. The van der Waals surface area contributed by atoms with Gasteiger partial charge in [-0.05, 0) is 42.7 Å². The van der Waals surface area contributed by atoms with Gasteiger partial charge in [-0.3, -0.25) is 4.90 Å². The first-order valence-corrected chi connectivity index (χ1v) is 8.91. The first kappa shape index (κ1) is 16.0. The van der Waals surface area contributed by atoms with Gasteiger partial charge in [-0.25, -0.2) is 0 Å². The average Bonchev–Trinajstić information content (AvgIpc) is 2.84. The minimum absolute atomic E-state index is 0.316. The van der Waals surface area contributed by atoms with E-state index in [2.05, 4.69) is 56.3 Å². The number of hydrogen-bond acceptors (Lipinski definition) is 3. The maximum absolute atomic E-state index is 3.85. The van der Waals surface area contributed by atoms with Crippen LogP contribution < -0.4 is 5.32 Å². The highest BCUT2D eigenvalue weighted by atomic mass is 32.1. The molecule has 1 aromatic heterocycles. The predicted octanol–water partition coefficient (Wildman–Crippen LogP) is 4.05. The summed E-state index contributed by atoms with van der Waals surface area (Å²) in [5, 5.41) is 6.08. The van der Waals surface area contributed by atoms with E-state index in [-0.39, 0.29) is 0 Å². The van der Waals surface area contributed by atoms with Crippen LogP contribution in [0.3, 0.4) is 0 Å². The van der Waals surface area contributed by atoms with Gasteiger partial charge in [0.1, 0.15) is 0 Å². The van der Waals surface area contributed by atoms with Gasteiger partial charge < -0.3 is 5.32 Å². The summed E-state index contributed by atoms with van der Waals surface area (Å²) in [6.07, 6.45) is 2.43. The number of rotatable bonds is 5. The predicted molar refractivity (Wildman–Crippen MR) is 89.4 cm³/mol. The second-order valence-corrected chi connectivity index (χ2v) is 7.61. The number of aryl methyl sites for hydroxylation is 1. The van der Waals surface area contributed by atoms with Gasteiger partial charge in [0, 0.05) is 36.1 Å². The molecule has 1 N–H and O–H groups in total. The van der Waals surface area contributed by atoms with Gasteiger partial charge in [-0.15, -0.1) is 11.3 Å². The molecule has 2 nitrogen and oxygen atoms in total. The highest BCUT2D eigenvalue weighted by molar-refractivity contribution is 7.10. The Morgan fingerprint density at radius 3 is 2.60 bits per heavy atom. The molecule has 20 heavy (non-hydrogen) atoms. The zero-order valence-corrected chi connectivity index (χ0v) is 14.5. The van der Waals surface area contributed by atoms with Crippen LogP contribution in [0.4, 0.5) is 0 Å². The second kappa shape index (κ2) is 6.59. The fourth-order valence-corrected chi connectivity index (χ4v) is 4.25. The SMILES string of the molecule is CCC1(CC)CN(Cc2sccc2C)C(C(C)C)CN1. The number of hydrogen-bond donors (Lipinski definition) is 1. The Morgan fingerprint density at radius 2 is 2.10 bits per heavy atom. The fraction of sp³-hybridized carbons (Fsp3) is 0.765. The Morgan fingerprint density at radius 1 is 1.40 bits per heavy atom. The smallest absolute Gasteiger partial charge is 0.0334 e. The number of nitrogens with zero attached hydrogens (tertiary/aromatic N) is 1. The Hall–Kier alpha value is -0.380. The van der Waals surface area contributed by atoms with Gasteiger partial charge in [0.15, 0.2) is 0 Å². The molecule has 1 fully saturated rings. The molecule has 0 spiro atoms. The maximum atomic E-state index is 3.85. The van der Waals surface area contributed by atoms with Crippen LogP contribution in [-0.4, -0.2) is 29.6 Å². The third-order valence-electron chi connectivity index (χ3n) is 5.10. The molecular formula is C17H30N2S. The molecule has 1 aliphatic heterocycles. The summed E-state index contributed by atoms with van der Waals surface area (Å²) in [5.74, 6) is 0.703. The zero-order chi connectivity index (χ0) is 14.8. The lowest BCUT2D eigenvalue weighted by molar-refractivity contribution is 0.0449. The molecule has 0 radical (unpaired) electrons. The largest absolute Gasteiger partial charge is 0.308 e. The van der Waals surface area contributed by atoms with Crippen LogP contribution in [0.25, 0.3) is 0 Å². The Bertz CT molecular complexity index is 420. The molecule has 1 atom stereocenters. The molecule has 0 amide bonds. The lowest BCUT2D eigenvalue weighted by atomic mass is 9.86. The van der Waals surface area contributed by atoms with Crippen molar-refractivity contribution in [3.05, 3.63) is 21.9 Å². The van der Waals surface area contributed by atoms with Crippen LogP contribution in [0.2, 0.25) is 0 Å². The van der Waals surface area contributed by atoms with Crippen molar-refractivity contribution in [2.75, 3.05) is 13.1 Å². The van der Waals surface area contributed by atoms with Gasteiger partial charge >= 0.3 is 0 Å². The van der Waals surface area contributed by atoms with Crippen LogP contribution in [-0.2, 0) is 6.54 Å². The monoisotopic (exact) mass is 294 g/mol. The molecular weight excluding hydrogens is 264 g/mol. The van der Waals surface area contributed by atoms with Crippen LogP contribution in [0.1, 0.15) is 51.0 Å². The molecule has 3 heteroatoms. The third-order valence-corrected chi connectivity index (χ3v) is 6.11. The zero-order valence-electron chi connectivity index (χ0n) is 13.7. The minimum atomic E-state index is 0.316. The summed E-state index contributed by atoms with van der Waals surface area (Å²) in [6.45, 7) is 15.0. The van der Waals surface area contributed by atoms with Crippen LogP contribution in [0, 0.1) is 12.8 Å². The van der Waals surface area contributed by atoms with E-state index >= 15 is 0 Å². The summed E-state index contributed by atoms with van der Waals surface area (Å²) in [6, 6.07) is 2.90. The summed E-state index contributed by atoms with van der Waals surface area (Å²) in [5.41, 5.74) is 1.77. The second-order valence-electron chi connectivity index (χ2n) is 6.61. The fourth-order valence-electron chi connectivity index (χ4n) is 3.32. The van der Waals surface area contributed by atoms with Crippen molar-refractivity contribution in [1.82, 2.24) is 10.2 Å². The Balaban J connectivity index is 2.17. The van der Waals surface area contributed by atoms with Crippen LogP contribution in [0.15, 0.2) is 11.4 Å². The maximum Gasteiger partial charge on any atom is 0.0334 e. The molecule has 0 aromatic carbocycles. The van der Waals surface area contributed by atoms with Crippen molar-refractivity contribution >= 4 is 11.3 Å². The van der Waals surface area contributed by atoms with Crippen LogP contribution in [0.5, 0.6) is 0 Å². The van der Waals surface area contributed by atoms with E-state index in [0.29, 0.717) is 17.5 Å². The molecule has 0 saturated carbocycles. The third kappa shape index (κ3) is 3.26. The van der Waals surface area contributed by atoms with Gasteiger partial charge in [0.25, 0.3) is 0 Å². The van der Waals surface area contributed by atoms with Crippen LogP contribution >= 0.6 is 11.3 Å². The summed E-state index contributed by atoms with van der Waals surface area (Å²) >= 11 is 1.91. The van der Waals surface area contributed by atoms with Gasteiger partial charge in [0.05, 0.1) is 0 Å². The van der Waals surface area contributed by atoms with E-state index in [1.54, 1.807) is 4.88 Å². The normalized spacial score (nSPS) is 23.4. The van der Waals surface area contributed by atoms with Crippen molar-refractivity contribution in [3.8, 4) is 0 Å². The molecule has 2 heterocycles. The average molecular weight is 295 g/mol. The molecule has 2 rings (SSSR count). The van der Waals surface area contributed by atoms with E-state index in [1.165, 1.54) is 24.9 Å². The molecule has 1 aliphatic rings. The Labute approximate surface area is 128 Å². The number of nitrogens with one attached hydrogen (secondary N) is 1. The molecule has 1 unspecified atom stereocenters. The van der Waals surface area contributed by atoms with Crippen molar-refractivity contribution in [2.45, 2.75) is 65.6 Å². The molecule has 0 bridgehead atoms. The van der Waals surface area contributed by atoms with Crippen molar-refractivity contribution in [2.24, 2.45) is 5.92 Å². The molecule has 0 aliphatic carbocycles. The quantitative estimate of drug-likeness (QED) is 0.881. The van der Waals surface area contributed by atoms with E-state index < -0.39 is 0 Å². The molecule has 1 aromatic rings. The van der Waals surface area contributed by atoms with E-state index in [9.17, 15) is 0 Å². The summed E-state index contributed by atoms with van der Waals surface area (Å²) < 4.78 is 0. The summed E-state index contributed by atoms with van der Waals surface area (Å²) in [7, 11) is 0. The van der Waals surface area contributed by atoms with Crippen molar-refractivity contribution < 1.29 is 0 Å². The van der Waals surface area contributed by atoms with E-state index in [0.717, 1.165) is 13.1 Å². The van der Waals surface area contributed by atoms with Crippen molar-refractivity contribution in [1.29, 1.82) is 0 Å². The lowest BCUT2D eigenvalue weighted by Gasteiger charge is -2.49. The minimum Gasteiger partial charge on any atom is -0.308 e. The van der Waals surface area contributed by atoms with Gasteiger partial charge in [-0.1, -0.05) is 27.7 Å². The van der Waals surface area contributed by atoms with Crippen molar-refractivity contribution in [3.63, 3.8) is 0 Å². The molecule has 1 saturated heterocycles. The number of thiophene rings is 1. The standard InChI is InChI=1S/C17H30N2S/c1-6-17(7-2)12-19(15(10-18-17)13(3)4)11-16-14(5)8-9-20-16/h8-9,13,15,18H,6-7,10-12H2,1-5H3. The highest BCUT2D eigenvalue weighted by Crippen LogP contribution is 2.28. The van der Waals surface area contributed by atoms with E-state index in [1.807, 2.05) is 11.3 Å². The topological polar surface area (TPSA) is 15.3 Å². The van der Waals surface area contributed by atoms with E-state index in [4.69, 9.17) is 0 Å².